The molecule has 0 fully saturated rings. The van der Waals surface area contributed by atoms with Gasteiger partial charge < -0.3 is 14.6 Å². The van der Waals surface area contributed by atoms with Crippen molar-refractivity contribution in [1.29, 1.82) is 0 Å². The lowest BCUT2D eigenvalue weighted by molar-refractivity contribution is -0.137. The zero-order valence-corrected chi connectivity index (χ0v) is 12.5. The molecule has 1 aliphatic heterocycles. The first-order valence-corrected chi connectivity index (χ1v) is 7.34. The van der Waals surface area contributed by atoms with E-state index in [1.165, 1.54) is 0 Å². The van der Waals surface area contributed by atoms with E-state index in [4.69, 9.17) is 5.11 Å². The average Bonchev–Trinajstić information content (AvgIpc) is 2.81. The van der Waals surface area contributed by atoms with Gasteiger partial charge in [0.15, 0.2) is 0 Å². The predicted molar refractivity (Wildman–Crippen MR) is 83.5 cm³/mol. The molecule has 22 heavy (non-hydrogen) atoms. The Morgan fingerprint density at radius 3 is 2.82 bits per heavy atom. The van der Waals surface area contributed by atoms with Crippen LogP contribution in [0.25, 0.3) is 10.9 Å². The number of para-hydroxylation sites is 1. The summed E-state index contributed by atoms with van der Waals surface area (Å²) in [5, 5.41) is 10.2. The maximum atomic E-state index is 12.1. The highest BCUT2D eigenvalue weighted by Crippen LogP contribution is 2.31. The lowest BCUT2D eigenvalue weighted by Gasteiger charge is -2.27. The number of allylic oxidation sites excluding steroid dienone is 1. The molecule has 2 aromatic rings. The Balaban J connectivity index is 2.07. The van der Waals surface area contributed by atoms with Gasteiger partial charge in [-0.15, -0.1) is 0 Å². The van der Waals surface area contributed by atoms with Crippen molar-refractivity contribution in [2.45, 2.75) is 26.4 Å². The fourth-order valence-corrected chi connectivity index (χ4v) is 3.15. The van der Waals surface area contributed by atoms with Crippen LogP contribution in [-0.4, -0.2) is 33.0 Å². The zero-order valence-electron chi connectivity index (χ0n) is 12.5. The SMILES string of the molecule is C/C=C/C(=O)N1CCc2c(c3ccccc3n2CC(=O)O)C1. The third-order valence-corrected chi connectivity index (χ3v) is 4.08. The zero-order chi connectivity index (χ0) is 15.7. The Morgan fingerprint density at radius 2 is 2.09 bits per heavy atom. The number of carboxylic acid groups (broad SMARTS) is 1. The largest absolute Gasteiger partial charge is 0.480 e. The fraction of sp³-hybridized carbons (Fsp3) is 0.294. The summed E-state index contributed by atoms with van der Waals surface area (Å²) in [5.74, 6) is -0.848. The standard InChI is InChI=1S/C17H18N2O3/c1-2-5-16(20)18-9-8-15-13(10-18)12-6-3-4-7-14(12)19(15)11-17(21)22/h2-7H,8-11H2,1H3,(H,21,22)/b5-2+. The van der Waals surface area contributed by atoms with Crippen molar-refractivity contribution in [2.24, 2.45) is 0 Å². The molecule has 1 aromatic carbocycles. The van der Waals surface area contributed by atoms with Gasteiger partial charge in [-0.05, 0) is 19.1 Å². The van der Waals surface area contributed by atoms with Crippen LogP contribution in [-0.2, 0) is 29.1 Å². The van der Waals surface area contributed by atoms with Crippen LogP contribution in [0.3, 0.4) is 0 Å². The summed E-state index contributed by atoms with van der Waals surface area (Å²) < 4.78 is 1.87. The number of rotatable bonds is 3. The van der Waals surface area contributed by atoms with Gasteiger partial charge in [0.25, 0.3) is 0 Å². The van der Waals surface area contributed by atoms with Gasteiger partial charge >= 0.3 is 5.97 Å². The van der Waals surface area contributed by atoms with Crippen molar-refractivity contribution in [3.63, 3.8) is 0 Å². The summed E-state index contributed by atoms with van der Waals surface area (Å²) >= 11 is 0. The smallest absolute Gasteiger partial charge is 0.323 e. The molecule has 1 aromatic heterocycles. The molecule has 1 amide bonds. The predicted octanol–water partition coefficient (Wildman–Crippen LogP) is 2.19. The number of aromatic nitrogens is 1. The molecule has 0 unspecified atom stereocenters. The first-order chi connectivity index (χ1) is 10.6. The van der Waals surface area contributed by atoms with Crippen LogP contribution in [0.4, 0.5) is 0 Å². The number of carboxylic acids is 1. The molecule has 1 aliphatic rings. The normalized spacial score (nSPS) is 14.5. The second-order valence-corrected chi connectivity index (χ2v) is 5.43. The van der Waals surface area contributed by atoms with E-state index in [1.54, 1.807) is 17.1 Å². The lowest BCUT2D eigenvalue weighted by Crippen LogP contribution is -2.35. The van der Waals surface area contributed by atoms with Gasteiger partial charge in [-0.3, -0.25) is 9.59 Å². The molecule has 1 N–H and O–H groups in total. The van der Waals surface area contributed by atoms with E-state index < -0.39 is 5.97 Å². The number of aliphatic carboxylic acids is 1. The topological polar surface area (TPSA) is 62.5 Å². The molecule has 0 bridgehead atoms. The summed E-state index contributed by atoms with van der Waals surface area (Å²) in [5.41, 5.74) is 3.03. The van der Waals surface area contributed by atoms with Crippen LogP contribution < -0.4 is 0 Å². The Bertz CT molecular complexity index is 774. The number of hydrogen-bond donors (Lipinski definition) is 1. The molecular formula is C17H18N2O3. The molecule has 0 aliphatic carbocycles. The summed E-state index contributed by atoms with van der Waals surface area (Å²) in [6.45, 7) is 2.93. The van der Waals surface area contributed by atoms with Crippen LogP contribution in [0.5, 0.6) is 0 Å². The van der Waals surface area contributed by atoms with E-state index >= 15 is 0 Å². The monoisotopic (exact) mass is 298 g/mol. The minimum absolute atomic E-state index is 0.00298. The van der Waals surface area contributed by atoms with Gasteiger partial charge in [-0.25, -0.2) is 0 Å². The van der Waals surface area contributed by atoms with E-state index in [1.807, 2.05) is 35.8 Å². The number of carbonyl (C=O) groups excluding carboxylic acids is 1. The summed E-state index contributed by atoms with van der Waals surface area (Å²) in [4.78, 5) is 25.0. The highest BCUT2D eigenvalue weighted by molar-refractivity contribution is 5.90. The molecule has 5 nitrogen and oxygen atoms in total. The number of fused-ring (bicyclic) bond motifs is 3. The van der Waals surface area contributed by atoms with Crippen molar-refractivity contribution in [2.75, 3.05) is 6.54 Å². The van der Waals surface area contributed by atoms with E-state index in [2.05, 4.69) is 0 Å². The van der Waals surface area contributed by atoms with Crippen molar-refractivity contribution in [3.05, 3.63) is 47.7 Å². The second kappa shape index (κ2) is 5.67. The summed E-state index contributed by atoms with van der Waals surface area (Å²) in [6, 6.07) is 7.79. The summed E-state index contributed by atoms with van der Waals surface area (Å²) in [7, 11) is 0. The van der Waals surface area contributed by atoms with Crippen molar-refractivity contribution < 1.29 is 14.7 Å². The minimum atomic E-state index is -0.851. The van der Waals surface area contributed by atoms with Crippen LogP contribution in [0, 0.1) is 0 Å². The maximum Gasteiger partial charge on any atom is 0.323 e. The summed E-state index contributed by atoms with van der Waals surface area (Å²) in [6.07, 6.45) is 3.99. The quantitative estimate of drug-likeness (QED) is 0.884. The Hall–Kier alpha value is -2.56. The van der Waals surface area contributed by atoms with Gasteiger partial charge in [-0.2, -0.15) is 0 Å². The molecule has 2 heterocycles. The van der Waals surface area contributed by atoms with Crippen molar-refractivity contribution in [1.82, 2.24) is 9.47 Å². The van der Waals surface area contributed by atoms with Gasteiger partial charge in [-0.1, -0.05) is 24.3 Å². The molecule has 0 saturated heterocycles. The Labute approximate surface area is 128 Å². The highest BCUT2D eigenvalue weighted by Gasteiger charge is 2.26. The maximum absolute atomic E-state index is 12.1. The first-order valence-electron chi connectivity index (χ1n) is 7.34. The van der Waals surface area contributed by atoms with Gasteiger partial charge in [0.05, 0.1) is 0 Å². The first kappa shape index (κ1) is 14.4. The average molecular weight is 298 g/mol. The molecule has 0 saturated carbocycles. The molecule has 0 atom stereocenters. The van der Waals surface area contributed by atoms with Crippen molar-refractivity contribution in [3.8, 4) is 0 Å². The number of hydrogen-bond acceptors (Lipinski definition) is 2. The lowest BCUT2D eigenvalue weighted by atomic mass is 10.0. The van der Waals surface area contributed by atoms with Gasteiger partial charge in [0.2, 0.25) is 5.91 Å². The molecule has 5 heteroatoms. The number of nitrogens with zero attached hydrogens (tertiary/aromatic N) is 2. The molecule has 0 radical (unpaired) electrons. The fourth-order valence-electron chi connectivity index (χ4n) is 3.15. The van der Waals surface area contributed by atoms with E-state index in [0.717, 1.165) is 22.2 Å². The second-order valence-electron chi connectivity index (χ2n) is 5.43. The Kier molecular flexibility index (Phi) is 3.71. The molecule has 0 spiro atoms. The van der Waals surface area contributed by atoms with Crippen LogP contribution in [0.15, 0.2) is 36.4 Å². The van der Waals surface area contributed by atoms with Crippen molar-refractivity contribution >= 4 is 22.8 Å². The van der Waals surface area contributed by atoms with Crippen LogP contribution in [0.2, 0.25) is 0 Å². The van der Waals surface area contributed by atoms with Crippen LogP contribution >= 0.6 is 0 Å². The van der Waals surface area contributed by atoms with E-state index in [9.17, 15) is 9.59 Å². The Morgan fingerprint density at radius 1 is 1.32 bits per heavy atom. The third kappa shape index (κ3) is 2.39. The number of amides is 1. The molecule has 3 rings (SSSR count). The van der Waals surface area contributed by atoms with Crippen LogP contribution in [0.1, 0.15) is 18.2 Å². The molecular weight excluding hydrogens is 280 g/mol. The van der Waals surface area contributed by atoms with E-state index in [-0.39, 0.29) is 12.5 Å². The van der Waals surface area contributed by atoms with Gasteiger partial charge in [0, 0.05) is 41.7 Å². The molecule has 114 valence electrons. The third-order valence-electron chi connectivity index (χ3n) is 4.08. The number of benzene rings is 1. The van der Waals surface area contributed by atoms with Gasteiger partial charge in [0.1, 0.15) is 6.54 Å². The highest BCUT2D eigenvalue weighted by atomic mass is 16.4. The van der Waals surface area contributed by atoms with E-state index in [0.29, 0.717) is 19.5 Å². The minimum Gasteiger partial charge on any atom is -0.480 e. The number of carbonyl (C=O) groups is 2.